The van der Waals surface area contributed by atoms with Crippen LogP contribution in [0.15, 0.2) is 36.5 Å². The molecule has 2 aromatic heterocycles. The van der Waals surface area contributed by atoms with Gasteiger partial charge in [-0.15, -0.1) is 0 Å². The van der Waals surface area contributed by atoms with Gasteiger partial charge in [-0.2, -0.15) is 0 Å². The molecular formula is C21H27N3. The molecule has 24 heavy (non-hydrogen) atoms. The Morgan fingerprint density at radius 3 is 2.58 bits per heavy atom. The van der Waals surface area contributed by atoms with E-state index in [9.17, 15) is 0 Å². The molecule has 0 unspecified atom stereocenters. The zero-order chi connectivity index (χ0) is 16.8. The van der Waals surface area contributed by atoms with E-state index >= 15 is 0 Å². The molecule has 0 radical (unpaired) electrons. The van der Waals surface area contributed by atoms with Crippen molar-refractivity contribution in [1.82, 2.24) is 15.0 Å². The maximum Gasteiger partial charge on any atom is 0.157 e. The Bertz CT molecular complexity index is 771. The molecule has 0 atom stereocenters. The Morgan fingerprint density at radius 2 is 1.83 bits per heavy atom. The van der Waals surface area contributed by atoms with E-state index in [0.29, 0.717) is 0 Å². The van der Waals surface area contributed by atoms with Crippen LogP contribution in [0.25, 0.3) is 22.6 Å². The topological polar surface area (TPSA) is 41.6 Å². The molecule has 1 aromatic carbocycles. The highest BCUT2D eigenvalue weighted by Crippen LogP contribution is 2.22. The summed E-state index contributed by atoms with van der Waals surface area (Å²) in [5.41, 5.74) is 5.67. The lowest BCUT2D eigenvalue weighted by Crippen LogP contribution is -1.90. The summed E-state index contributed by atoms with van der Waals surface area (Å²) in [5, 5.41) is 0. The van der Waals surface area contributed by atoms with Crippen molar-refractivity contribution in [3.63, 3.8) is 0 Å². The monoisotopic (exact) mass is 321 g/mol. The average molecular weight is 321 g/mol. The van der Waals surface area contributed by atoms with Gasteiger partial charge in [0.15, 0.2) is 5.82 Å². The van der Waals surface area contributed by atoms with Gasteiger partial charge in [-0.3, -0.25) is 4.98 Å². The molecular weight excluding hydrogens is 294 g/mol. The standard InChI is InChI=1S/C21H27N3/c1-3-5-6-7-8-10-16-13-14-19(22-15-16)21-23-18-12-9-11-17(4-2)20(18)24-21/h9,11-15H,3-8,10H2,1-2H3,(H,23,24). The number of nitrogens with one attached hydrogen (secondary N) is 1. The summed E-state index contributed by atoms with van der Waals surface area (Å²) >= 11 is 0. The van der Waals surface area contributed by atoms with E-state index in [4.69, 9.17) is 4.98 Å². The Kier molecular flexibility index (Phi) is 5.63. The predicted octanol–water partition coefficient (Wildman–Crippen LogP) is 5.70. The second-order valence-corrected chi connectivity index (χ2v) is 6.47. The first-order valence-corrected chi connectivity index (χ1v) is 9.24. The fourth-order valence-corrected chi connectivity index (χ4v) is 3.14. The number of imidazole rings is 1. The molecule has 0 saturated heterocycles. The van der Waals surface area contributed by atoms with E-state index in [-0.39, 0.29) is 0 Å². The Labute approximate surface area is 144 Å². The van der Waals surface area contributed by atoms with E-state index in [2.05, 4.69) is 54.1 Å². The van der Waals surface area contributed by atoms with Gasteiger partial charge in [0.25, 0.3) is 0 Å². The third-order valence-electron chi connectivity index (χ3n) is 4.61. The van der Waals surface area contributed by atoms with Gasteiger partial charge < -0.3 is 4.98 Å². The van der Waals surface area contributed by atoms with Crippen LogP contribution in [0.4, 0.5) is 0 Å². The fourth-order valence-electron chi connectivity index (χ4n) is 3.14. The first-order chi connectivity index (χ1) is 11.8. The summed E-state index contributed by atoms with van der Waals surface area (Å²) in [6.07, 6.45) is 10.7. The number of hydrogen-bond acceptors (Lipinski definition) is 2. The van der Waals surface area contributed by atoms with Crippen LogP contribution >= 0.6 is 0 Å². The van der Waals surface area contributed by atoms with Gasteiger partial charge in [0.2, 0.25) is 0 Å². The molecule has 3 heteroatoms. The number of rotatable bonds is 8. The lowest BCUT2D eigenvalue weighted by molar-refractivity contribution is 0.632. The molecule has 3 nitrogen and oxygen atoms in total. The van der Waals surface area contributed by atoms with Crippen molar-refractivity contribution in [2.45, 2.75) is 58.8 Å². The highest BCUT2D eigenvalue weighted by atomic mass is 14.9. The Hall–Kier alpha value is -2.16. The number of hydrogen-bond donors (Lipinski definition) is 1. The lowest BCUT2D eigenvalue weighted by Gasteiger charge is -2.02. The van der Waals surface area contributed by atoms with Crippen molar-refractivity contribution in [3.8, 4) is 11.5 Å². The van der Waals surface area contributed by atoms with Crippen LogP contribution in [0.5, 0.6) is 0 Å². The van der Waals surface area contributed by atoms with Crippen molar-refractivity contribution >= 4 is 11.0 Å². The SMILES string of the molecule is CCCCCCCc1ccc(-c2nc3c(CC)cccc3[nH]2)nc1. The van der Waals surface area contributed by atoms with Gasteiger partial charge >= 0.3 is 0 Å². The molecule has 2 heterocycles. The molecule has 0 amide bonds. The molecule has 0 bridgehead atoms. The van der Waals surface area contributed by atoms with Crippen LogP contribution in [0.3, 0.4) is 0 Å². The summed E-state index contributed by atoms with van der Waals surface area (Å²) in [5.74, 6) is 0.861. The van der Waals surface area contributed by atoms with Gasteiger partial charge in [0.1, 0.15) is 5.69 Å². The normalized spacial score (nSPS) is 11.2. The summed E-state index contributed by atoms with van der Waals surface area (Å²) in [7, 11) is 0. The van der Waals surface area contributed by atoms with E-state index in [0.717, 1.165) is 35.4 Å². The maximum absolute atomic E-state index is 4.76. The number of pyridine rings is 1. The lowest BCUT2D eigenvalue weighted by atomic mass is 10.1. The largest absolute Gasteiger partial charge is 0.337 e. The fraction of sp³-hybridized carbons (Fsp3) is 0.429. The third kappa shape index (κ3) is 3.84. The minimum absolute atomic E-state index is 0.861. The molecule has 0 fully saturated rings. The van der Waals surface area contributed by atoms with E-state index < -0.39 is 0 Å². The number of benzene rings is 1. The van der Waals surface area contributed by atoms with Gasteiger partial charge in [0.05, 0.1) is 11.0 Å². The van der Waals surface area contributed by atoms with Crippen LogP contribution in [-0.2, 0) is 12.8 Å². The van der Waals surface area contributed by atoms with E-state index in [1.165, 1.54) is 43.2 Å². The number of aryl methyl sites for hydroxylation is 2. The van der Waals surface area contributed by atoms with Crippen molar-refractivity contribution < 1.29 is 0 Å². The number of nitrogens with zero attached hydrogens (tertiary/aromatic N) is 2. The van der Waals surface area contributed by atoms with Gasteiger partial charge in [-0.25, -0.2) is 4.98 Å². The average Bonchev–Trinajstić information content (AvgIpc) is 3.06. The predicted molar refractivity (Wildman–Crippen MR) is 101 cm³/mol. The second kappa shape index (κ2) is 8.09. The van der Waals surface area contributed by atoms with Crippen molar-refractivity contribution in [1.29, 1.82) is 0 Å². The smallest absolute Gasteiger partial charge is 0.157 e. The summed E-state index contributed by atoms with van der Waals surface area (Å²) in [4.78, 5) is 12.8. The molecule has 0 aliphatic heterocycles. The molecule has 0 aliphatic carbocycles. The molecule has 3 aromatic rings. The number of para-hydroxylation sites is 1. The number of aromatic amines is 1. The van der Waals surface area contributed by atoms with Gasteiger partial charge in [-0.05, 0) is 42.5 Å². The summed E-state index contributed by atoms with van der Waals surface area (Å²) in [6.45, 7) is 4.42. The Morgan fingerprint density at radius 1 is 0.958 bits per heavy atom. The molecule has 126 valence electrons. The van der Waals surface area contributed by atoms with Crippen molar-refractivity contribution in [2.24, 2.45) is 0 Å². The number of fused-ring (bicyclic) bond motifs is 1. The highest BCUT2D eigenvalue weighted by Gasteiger charge is 2.09. The second-order valence-electron chi connectivity index (χ2n) is 6.47. The van der Waals surface area contributed by atoms with E-state index in [1.54, 1.807) is 0 Å². The van der Waals surface area contributed by atoms with Crippen LogP contribution in [0.2, 0.25) is 0 Å². The maximum atomic E-state index is 4.76. The minimum atomic E-state index is 0.861. The number of H-pyrrole nitrogens is 1. The highest BCUT2D eigenvalue weighted by molar-refractivity contribution is 5.81. The van der Waals surface area contributed by atoms with Crippen LogP contribution in [0, 0.1) is 0 Å². The van der Waals surface area contributed by atoms with Gasteiger partial charge in [0, 0.05) is 6.20 Å². The minimum Gasteiger partial charge on any atom is -0.337 e. The molecule has 0 aliphatic rings. The zero-order valence-electron chi connectivity index (χ0n) is 14.8. The molecule has 1 N–H and O–H groups in total. The number of aromatic nitrogens is 3. The van der Waals surface area contributed by atoms with Crippen molar-refractivity contribution in [3.05, 3.63) is 47.7 Å². The first-order valence-electron chi connectivity index (χ1n) is 9.24. The molecule has 0 saturated carbocycles. The molecule has 3 rings (SSSR count). The molecule has 0 spiro atoms. The first kappa shape index (κ1) is 16.7. The summed E-state index contributed by atoms with van der Waals surface area (Å²) in [6, 6.07) is 10.6. The van der Waals surface area contributed by atoms with Crippen LogP contribution in [-0.4, -0.2) is 15.0 Å². The van der Waals surface area contributed by atoms with E-state index in [1.807, 2.05) is 6.20 Å². The third-order valence-corrected chi connectivity index (χ3v) is 4.61. The quantitative estimate of drug-likeness (QED) is 0.541. The summed E-state index contributed by atoms with van der Waals surface area (Å²) < 4.78 is 0. The number of unbranched alkanes of at least 4 members (excludes halogenated alkanes) is 4. The van der Waals surface area contributed by atoms with Crippen LogP contribution < -0.4 is 0 Å². The van der Waals surface area contributed by atoms with Crippen LogP contribution in [0.1, 0.15) is 57.1 Å². The zero-order valence-corrected chi connectivity index (χ0v) is 14.8. The van der Waals surface area contributed by atoms with Crippen molar-refractivity contribution in [2.75, 3.05) is 0 Å². The van der Waals surface area contributed by atoms with Gasteiger partial charge in [-0.1, -0.05) is 57.7 Å². The Balaban J connectivity index is 1.69.